The van der Waals surface area contributed by atoms with Gasteiger partial charge >= 0.3 is 8.80 Å². The summed E-state index contributed by atoms with van der Waals surface area (Å²) in [5.41, 5.74) is -1.00. The highest BCUT2D eigenvalue weighted by Gasteiger charge is 2.55. The van der Waals surface area contributed by atoms with Crippen LogP contribution in [0.2, 0.25) is 0 Å². The average molecular weight is 355 g/mol. The molecule has 3 nitrogen and oxygen atoms in total. The summed E-state index contributed by atoms with van der Waals surface area (Å²) in [6.45, 7) is 20.5. The summed E-state index contributed by atoms with van der Waals surface area (Å²) in [4.78, 5) is 0.0958. The van der Waals surface area contributed by atoms with Crippen molar-refractivity contribution >= 4 is 31.3 Å². The zero-order chi connectivity index (χ0) is 17.1. The van der Waals surface area contributed by atoms with Crippen molar-refractivity contribution in [3.05, 3.63) is 0 Å². The lowest BCUT2D eigenvalue weighted by Crippen LogP contribution is -2.63. The molecule has 128 valence electrons. The molecule has 0 aliphatic rings. The molecule has 0 amide bonds. The summed E-state index contributed by atoms with van der Waals surface area (Å²) >= 11 is 4.45. The molecule has 21 heavy (non-hydrogen) atoms. The van der Waals surface area contributed by atoms with Crippen molar-refractivity contribution in [2.75, 3.05) is 0 Å². The fraction of sp³-hybridized carbons (Fsp3) is 1.00. The molecule has 6 heteroatoms. The van der Waals surface area contributed by atoms with Gasteiger partial charge in [-0.3, -0.25) is 0 Å². The lowest BCUT2D eigenvalue weighted by molar-refractivity contribution is -0.0764. The van der Waals surface area contributed by atoms with E-state index in [2.05, 4.69) is 18.6 Å². The van der Waals surface area contributed by atoms with Gasteiger partial charge in [-0.15, -0.1) is 11.7 Å². The van der Waals surface area contributed by atoms with Gasteiger partial charge in [0.15, 0.2) is 0 Å². The van der Waals surface area contributed by atoms with E-state index in [1.54, 1.807) is 0 Å². The highest BCUT2D eigenvalue weighted by Crippen LogP contribution is 2.38. The molecule has 0 bridgehead atoms. The molecule has 0 rings (SSSR count). The Morgan fingerprint density at radius 1 is 0.810 bits per heavy atom. The first-order valence-electron chi connectivity index (χ1n) is 7.55. The normalized spacial score (nSPS) is 16.1. The minimum Gasteiger partial charge on any atom is -0.368 e. The Hall–Kier alpha value is 0.797. The molecular weight excluding hydrogens is 320 g/mol. The third-order valence-corrected chi connectivity index (χ3v) is 9.29. The molecule has 1 unspecified atom stereocenters. The van der Waals surface area contributed by atoms with Gasteiger partial charge in [0.25, 0.3) is 0 Å². The number of thiol groups is 1. The van der Waals surface area contributed by atoms with Gasteiger partial charge in [0.1, 0.15) is 0 Å². The minimum absolute atomic E-state index is 0.0958. The Morgan fingerprint density at radius 3 is 1.24 bits per heavy atom. The van der Waals surface area contributed by atoms with Crippen LogP contribution in [0.4, 0.5) is 0 Å². The van der Waals surface area contributed by atoms with Crippen molar-refractivity contribution in [1.82, 2.24) is 0 Å². The van der Waals surface area contributed by atoms with Crippen LogP contribution in [-0.4, -0.2) is 30.5 Å². The van der Waals surface area contributed by atoms with Crippen LogP contribution in [0.5, 0.6) is 0 Å². The standard InChI is InChI=1S/C15H34O3S2Si/c1-11-12(20-19)21(16-13(2,3)4,17-14(5,6)7)18-15(8,9)10/h12,19H,11H2,1-10H3. The lowest BCUT2D eigenvalue weighted by atomic mass is 10.2. The summed E-state index contributed by atoms with van der Waals surface area (Å²) < 4.78 is 19.3. The van der Waals surface area contributed by atoms with E-state index < -0.39 is 8.80 Å². The largest absolute Gasteiger partial charge is 0.516 e. The zero-order valence-electron chi connectivity index (χ0n) is 15.4. The fourth-order valence-electron chi connectivity index (χ4n) is 1.93. The second-order valence-electron chi connectivity index (χ2n) is 8.25. The summed E-state index contributed by atoms with van der Waals surface area (Å²) in [7, 11) is -1.46. The van der Waals surface area contributed by atoms with Gasteiger partial charge in [-0.05, 0) is 68.7 Å². The van der Waals surface area contributed by atoms with E-state index >= 15 is 0 Å². The van der Waals surface area contributed by atoms with Gasteiger partial charge in [-0.25, -0.2) is 0 Å². The van der Waals surface area contributed by atoms with Crippen LogP contribution in [0, 0.1) is 0 Å². The molecule has 0 saturated heterocycles. The molecule has 1 atom stereocenters. The molecular formula is C15H34O3S2Si. The summed E-state index contributed by atoms with van der Waals surface area (Å²) in [5, 5.41) is 0. The van der Waals surface area contributed by atoms with Crippen molar-refractivity contribution in [3.8, 4) is 0 Å². The van der Waals surface area contributed by atoms with Gasteiger partial charge in [0.2, 0.25) is 0 Å². The van der Waals surface area contributed by atoms with Crippen LogP contribution in [0.25, 0.3) is 0 Å². The smallest absolute Gasteiger partial charge is 0.368 e. The highest BCUT2D eigenvalue weighted by molar-refractivity contribution is 8.69. The first-order valence-corrected chi connectivity index (χ1v) is 11.3. The van der Waals surface area contributed by atoms with Gasteiger partial charge in [-0.2, -0.15) is 0 Å². The predicted molar refractivity (Wildman–Crippen MR) is 98.9 cm³/mol. The van der Waals surface area contributed by atoms with Crippen molar-refractivity contribution < 1.29 is 13.3 Å². The van der Waals surface area contributed by atoms with E-state index in [4.69, 9.17) is 13.3 Å². The SMILES string of the molecule is CCC(SS)[Si](OC(C)(C)C)(OC(C)(C)C)OC(C)(C)C. The topological polar surface area (TPSA) is 27.7 Å². The summed E-state index contributed by atoms with van der Waals surface area (Å²) in [6.07, 6.45) is 0.891. The van der Waals surface area contributed by atoms with E-state index in [1.807, 2.05) is 62.3 Å². The maximum atomic E-state index is 6.45. The Labute approximate surface area is 142 Å². The first-order chi connectivity index (χ1) is 9.14. The molecule has 0 saturated carbocycles. The molecule has 0 fully saturated rings. The molecule has 0 N–H and O–H groups in total. The van der Waals surface area contributed by atoms with Gasteiger partial charge < -0.3 is 13.3 Å². The van der Waals surface area contributed by atoms with Crippen LogP contribution >= 0.6 is 22.5 Å². The van der Waals surface area contributed by atoms with E-state index in [1.165, 1.54) is 10.8 Å². The average Bonchev–Trinajstić information content (AvgIpc) is 2.09. The van der Waals surface area contributed by atoms with E-state index in [9.17, 15) is 0 Å². The second-order valence-corrected chi connectivity index (χ2v) is 12.6. The van der Waals surface area contributed by atoms with Crippen LogP contribution < -0.4 is 0 Å². The Balaban J connectivity index is 5.80. The van der Waals surface area contributed by atoms with Crippen molar-refractivity contribution in [2.24, 2.45) is 0 Å². The second kappa shape index (κ2) is 7.58. The lowest BCUT2D eigenvalue weighted by Gasteiger charge is -2.45. The molecule has 0 aliphatic carbocycles. The van der Waals surface area contributed by atoms with Crippen LogP contribution in [0.3, 0.4) is 0 Å². The van der Waals surface area contributed by atoms with Crippen molar-refractivity contribution in [1.29, 1.82) is 0 Å². The molecule has 0 aromatic rings. The molecule has 0 heterocycles. The third-order valence-electron chi connectivity index (χ3n) is 2.24. The first kappa shape index (κ1) is 21.8. The minimum atomic E-state index is -2.94. The number of rotatable bonds is 6. The monoisotopic (exact) mass is 354 g/mol. The third kappa shape index (κ3) is 8.86. The van der Waals surface area contributed by atoms with Crippen LogP contribution in [-0.2, 0) is 13.3 Å². The maximum Gasteiger partial charge on any atom is 0.516 e. The van der Waals surface area contributed by atoms with Gasteiger partial charge in [-0.1, -0.05) is 17.7 Å². The zero-order valence-corrected chi connectivity index (χ0v) is 18.1. The molecule has 0 radical (unpaired) electrons. The molecule has 0 spiro atoms. The van der Waals surface area contributed by atoms with Crippen molar-refractivity contribution in [2.45, 2.75) is 97.3 Å². The van der Waals surface area contributed by atoms with Gasteiger partial charge in [0.05, 0.1) is 21.7 Å². The summed E-state index contributed by atoms with van der Waals surface area (Å²) in [6, 6.07) is 0. The maximum absolute atomic E-state index is 6.45. The number of hydrogen-bond donors (Lipinski definition) is 1. The Kier molecular flexibility index (Phi) is 7.87. The molecule has 0 aromatic heterocycles. The molecule has 0 aromatic carbocycles. The van der Waals surface area contributed by atoms with E-state index in [-0.39, 0.29) is 21.7 Å². The quantitative estimate of drug-likeness (QED) is 0.400. The summed E-state index contributed by atoms with van der Waals surface area (Å²) in [5.74, 6) is 0. The van der Waals surface area contributed by atoms with Gasteiger partial charge in [0, 0.05) is 0 Å². The van der Waals surface area contributed by atoms with Crippen molar-refractivity contribution in [3.63, 3.8) is 0 Å². The number of hydrogen-bond acceptors (Lipinski definition) is 5. The highest BCUT2D eigenvalue weighted by atomic mass is 33.1. The Morgan fingerprint density at radius 2 is 1.10 bits per heavy atom. The van der Waals surface area contributed by atoms with E-state index in [0.717, 1.165) is 6.42 Å². The van der Waals surface area contributed by atoms with E-state index in [0.29, 0.717) is 0 Å². The Bertz CT molecular complexity index is 272. The van der Waals surface area contributed by atoms with Crippen LogP contribution in [0.1, 0.15) is 75.7 Å². The predicted octanol–water partition coefficient (Wildman–Crippen LogP) is 5.27. The fourth-order valence-corrected chi connectivity index (χ4v) is 8.22. The molecule has 0 aliphatic heterocycles. The van der Waals surface area contributed by atoms with Crippen LogP contribution in [0.15, 0.2) is 0 Å².